The Balaban J connectivity index is 2.50. The number of hydrogen-bond donors (Lipinski definition) is 1. The number of benzene rings is 1. The van der Waals surface area contributed by atoms with E-state index in [9.17, 15) is 9.18 Å². The molecule has 0 heterocycles. The van der Waals surface area contributed by atoms with Crippen LogP contribution in [0, 0.1) is 12.7 Å². The highest BCUT2D eigenvalue weighted by Crippen LogP contribution is 2.10. The molecule has 0 aliphatic heterocycles. The molecule has 0 aliphatic rings. The number of nitrogens with two attached hydrogens (primary N) is 1. The highest BCUT2D eigenvalue weighted by molar-refractivity contribution is 5.97. The molecule has 17 heavy (non-hydrogen) atoms. The molecule has 0 spiro atoms. The second-order valence-electron chi connectivity index (χ2n) is 4.07. The first-order valence-corrected chi connectivity index (χ1v) is 5.67. The van der Waals surface area contributed by atoms with Crippen molar-refractivity contribution in [2.75, 3.05) is 13.2 Å². The standard InChI is InChI=1S/C13H18FNO2/c1-3-11(15)7-17-8-13(16)10-4-5-12(14)9(2)6-10/h4-6,11H,3,7-8,15H2,1-2H3. The van der Waals surface area contributed by atoms with Crippen molar-refractivity contribution >= 4 is 5.78 Å². The van der Waals surface area contributed by atoms with E-state index in [0.29, 0.717) is 17.7 Å². The Labute approximate surface area is 101 Å². The summed E-state index contributed by atoms with van der Waals surface area (Å²) in [6.07, 6.45) is 0.809. The zero-order chi connectivity index (χ0) is 12.8. The minimum absolute atomic E-state index is 0.0151. The lowest BCUT2D eigenvalue weighted by atomic mass is 10.1. The van der Waals surface area contributed by atoms with Crippen molar-refractivity contribution < 1.29 is 13.9 Å². The molecule has 2 N–H and O–H groups in total. The van der Waals surface area contributed by atoms with Crippen molar-refractivity contribution in [1.82, 2.24) is 0 Å². The van der Waals surface area contributed by atoms with Crippen LogP contribution in [-0.4, -0.2) is 25.0 Å². The van der Waals surface area contributed by atoms with E-state index in [1.807, 2.05) is 6.92 Å². The molecule has 0 aliphatic carbocycles. The molecule has 0 fully saturated rings. The van der Waals surface area contributed by atoms with Crippen LogP contribution < -0.4 is 5.73 Å². The normalized spacial score (nSPS) is 12.5. The Hall–Kier alpha value is -1.26. The van der Waals surface area contributed by atoms with Gasteiger partial charge in [0.2, 0.25) is 0 Å². The number of rotatable bonds is 6. The third kappa shape index (κ3) is 4.24. The van der Waals surface area contributed by atoms with Crippen molar-refractivity contribution in [3.8, 4) is 0 Å². The van der Waals surface area contributed by atoms with Crippen LogP contribution in [0.15, 0.2) is 18.2 Å². The van der Waals surface area contributed by atoms with Gasteiger partial charge in [-0.1, -0.05) is 6.92 Å². The molecule has 94 valence electrons. The van der Waals surface area contributed by atoms with E-state index in [2.05, 4.69) is 0 Å². The number of carbonyl (C=O) groups is 1. The molecule has 1 atom stereocenters. The Kier molecular flexibility index (Phi) is 5.25. The van der Waals surface area contributed by atoms with E-state index >= 15 is 0 Å². The van der Waals surface area contributed by atoms with Crippen LogP contribution in [0.25, 0.3) is 0 Å². The number of ether oxygens (including phenoxy) is 1. The summed E-state index contributed by atoms with van der Waals surface area (Å²) in [5.74, 6) is -0.466. The number of carbonyl (C=O) groups excluding carboxylic acids is 1. The lowest BCUT2D eigenvalue weighted by Crippen LogP contribution is -2.26. The van der Waals surface area contributed by atoms with Crippen LogP contribution in [-0.2, 0) is 4.74 Å². The maximum Gasteiger partial charge on any atom is 0.188 e. The number of Topliss-reactive ketones (excluding diaryl/α,β-unsaturated/α-hetero) is 1. The molecule has 1 aromatic rings. The largest absolute Gasteiger partial charge is 0.372 e. The molecule has 1 rings (SSSR count). The maximum absolute atomic E-state index is 13.0. The summed E-state index contributed by atoms with van der Waals surface area (Å²) in [5.41, 5.74) is 6.58. The molecule has 0 saturated carbocycles. The Morgan fingerprint density at radius 3 is 2.82 bits per heavy atom. The van der Waals surface area contributed by atoms with Crippen LogP contribution >= 0.6 is 0 Å². The van der Waals surface area contributed by atoms with E-state index in [0.717, 1.165) is 6.42 Å². The summed E-state index contributed by atoms with van der Waals surface area (Å²) < 4.78 is 18.2. The first-order chi connectivity index (χ1) is 8.04. The predicted octanol–water partition coefficient (Wildman–Crippen LogP) is 2.07. The fourth-order valence-corrected chi connectivity index (χ4v) is 1.32. The first-order valence-electron chi connectivity index (χ1n) is 5.67. The average Bonchev–Trinajstić information content (AvgIpc) is 2.32. The van der Waals surface area contributed by atoms with Crippen LogP contribution in [0.3, 0.4) is 0 Å². The Morgan fingerprint density at radius 1 is 1.53 bits per heavy atom. The van der Waals surface area contributed by atoms with Gasteiger partial charge >= 0.3 is 0 Å². The molecule has 0 bridgehead atoms. The van der Waals surface area contributed by atoms with E-state index in [1.165, 1.54) is 18.2 Å². The van der Waals surface area contributed by atoms with Gasteiger partial charge in [-0.25, -0.2) is 4.39 Å². The highest BCUT2D eigenvalue weighted by atomic mass is 19.1. The summed E-state index contributed by atoms with van der Waals surface area (Å²) >= 11 is 0. The minimum Gasteiger partial charge on any atom is -0.372 e. The van der Waals surface area contributed by atoms with Gasteiger partial charge in [-0.05, 0) is 37.1 Å². The van der Waals surface area contributed by atoms with Crippen molar-refractivity contribution in [2.24, 2.45) is 5.73 Å². The van der Waals surface area contributed by atoms with Gasteiger partial charge in [-0.3, -0.25) is 4.79 Å². The Morgan fingerprint density at radius 2 is 2.24 bits per heavy atom. The van der Waals surface area contributed by atoms with Crippen LogP contribution in [0.4, 0.5) is 4.39 Å². The van der Waals surface area contributed by atoms with Gasteiger partial charge in [-0.15, -0.1) is 0 Å². The van der Waals surface area contributed by atoms with E-state index < -0.39 is 0 Å². The molecule has 0 aromatic heterocycles. The third-order valence-electron chi connectivity index (χ3n) is 2.57. The topological polar surface area (TPSA) is 52.3 Å². The average molecular weight is 239 g/mol. The Bertz CT molecular complexity index is 393. The molecule has 1 unspecified atom stereocenters. The predicted molar refractivity (Wildman–Crippen MR) is 64.6 cm³/mol. The molecular weight excluding hydrogens is 221 g/mol. The summed E-state index contributed by atoms with van der Waals surface area (Å²) in [5, 5.41) is 0. The van der Waals surface area contributed by atoms with Crippen molar-refractivity contribution in [3.63, 3.8) is 0 Å². The van der Waals surface area contributed by atoms with Crippen LogP contribution in [0.2, 0.25) is 0 Å². The van der Waals surface area contributed by atoms with E-state index in [1.54, 1.807) is 6.92 Å². The molecule has 1 aromatic carbocycles. The smallest absolute Gasteiger partial charge is 0.188 e. The summed E-state index contributed by atoms with van der Waals surface area (Å²) in [6.45, 7) is 3.93. The van der Waals surface area contributed by atoms with Gasteiger partial charge in [0.15, 0.2) is 5.78 Å². The number of hydrogen-bond acceptors (Lipinski definition) is 3. The first kappa shape index (κ1) is 13.8. The highest BCUT2D eigenvalue weighted by Gasteiger charge is 2.09. The zero-order valence-corrected chi connectivity index (χ0v) is 10.2. The van der Waals surface area contributed by atoms with E-state index in [-0.39, 0.29) is 24.2 Å². The van der Waals surface area contributed by atoms with E-state index in [4.69, 9.17) is 10.5 Å². The summed E-state index contributed by atoms with van der Waals surface area (Å²) in [7, 11) is 0. The number of aryl methyl sites for hydroxylation is 1. The minimum atomic E-state index is -0.310. The molecule has 0 amide bonds. The summed E-state index contributed by atoms with van der Waals surface area (Å²) in [4.78, 5) is 11.7. The zero-order valence-electron chi connectivity index (χ0n) is 10.2. The SMILES string of the molecule is CCC(N)COCC(=O)c1ccc(F)c(C)c1. The van der Waals surface area contributed by atoms with Crippen LogP contribution in [0.5, 0.6) is 0 Å². The van der Waals surface area contributed by atoms with Crippen molar-refractivity contribution in [1.29, 1.82) is 0 Å². The third-order valence-corrected chi connectivity index (χ3v) is 2.57. The van der Waals surface area contributed by atoms with Crippen molar-refractivity contribution in [3.05, 3.63) is 35.1 Å². The second-order valence-corrected chi connectivity index (χ2v) is 4.07. The van der Waals surface area contributed by atoms with Crippen LogP contribution in [0.1, 0.15) is 29.3 Å². The number of halogens is 1. The fraction of sp³-hybridized carbons (Fsp3) is 0.462. The lowest BCUT2D eigenvalue weighted by Gasteiger charge is -2.09. The molecular formula is C13H18FNO2. The van der Waals surface area contributed by atoms with Gasteiger partial charge in [0.05, 0.1) is 6.61 Å². The molecule has 4 heteroatoms. The van der Waals surface area contributed by atoms with Gasteiger partial charge in [-0.2, -0.15) is 0 Å². The monoisotopic (exact) mass is 239 g/mol. The quantitative estimate of drug-likeness (QED) is 0.773. The van der Waals surface area contributed by atoms with Gasteiger partial charge < -0.3 is 10.5 Å². The summed E-state index contributed by atoms with van der Waals surface area (Å²) in [6, 6.07) is 4.24. The second kappa shape index (κ2) is 6.47. The molecule has 0 saturated heterocycles. The van der Waals surface area contributed by atoms with Gasteiger partial charge in [0, 0.05) is 11.6 Å². The lowest BCUT2D eigenvalue weighted by molar-refractivity contribution is 0.0731. The van der Waals surface area contributed by atoms with Gasteiger partial charge in [0.1, 0.15) is 12.4 Å². The fourth-order valence-electron chi connectivity index (χ4n) is 1.32. The van der Waals surface area contributed by atoms with Gasteiger partial charge in [0.25, 0.3) is 0 Å². The maximum atomic E-state index is 13.0. The molecule has 0 radical (unpaired) electrons. The molecule has 3 nitrogen and oxygen atoms in total. The van der Waals surface area contributed by atoms with Crippen molar-refractivity contribution in [2.45, 2.75) is 26.3 Å². The number of ketones is 1.